The summed E-state index contributed by atoms with van der Waals surface area (Å²) >= 11 is 0. The van der Waals surface area contributed by atoms with Crippen LogP contribution in [0.3, 0.4) is 0 Å². The molecule has 2 aromatic carbocycles. The number of carbonyl (C=O) groups is 3. The molecule has 2 amide bonds. The van der Waals surface area contributed by atoms with E-state index in [0.717, 1.165) is 10.5 Å². The van der Waals surface area contributed by atoms with E-state index in [1.165, 1.54) is 0 Å². The number of rotatable bonds is 6. The minimum absolute atomic E-state index is 0.0309. The van der Waals surface area contributed by atoms with Gasteiger partial charge in [0.1, 0.15) is 5.69 Å². The largest absolute Gasteiger partial charge is 0.457 e. The van der Waals surface area contributed by atoms with Crippen LogP contribution in [0.2, 0.25) is 0 Å². The van der Waals surface area contributed by atoms with Gasteiger partial charge in [-0.3, -0.25) is 19.3 Å². The molecule has 1 aliphatic rings. The van der Waals surface area contributed by atoms with Gasteiger partial charge in [0.25, 0.3) is 11.8 Å². The van der Waals surface area contributed by atoms with E-state index in [2.05, 4.69) is 5.16 Å². The van der Waals surface area contributed by atoms with Crippen molar-refractivity contribution >= 4 is 17.8 Å². The highest BCUT2D eigenvalue weighted by Gasteiger charge is 2.35. The lowest BCUT2D eigenvalue weighted by Gasteiger charge is -2.12. The third-order valence-corrected chi connectivity index (χ3v) is 4.42. The Labute approximate surface area is 160 Å². The van der Waals surface area contributed by atoms with Crippen LogP contribution >= 0.6 is 0 Å². The van der Waals surface area contributed by atoms with Gasteiger partial charge in [-0.1, -0.05) is 47.6 Å². The second kappa shape index (κ2) is 7.48. The molecule has 4 rings (SSSR count). The van der Waals surface area contributed by atoms with Gasteiger partial charge in [-0.25, -0.2) is 0 Å². The topological polar surface area (TPSA) is 89.7 Å². The van der Waals surface area contributed by atoms with Crippen molar-refractivity contribution < 1.29 is 23.6 Å². The lowest BCUT2D eigenvalue weighted by atomic mass is 10.1. The normalized spacial score (nSPS) is 12.9. The Morgan fingerprint density at radius 3 is 2.29 bits per heavy atom. The third-order valence-electron chi connectivity index (χ3n) is 4.42. The average molecular weight is 376 g/mol. The second-order valence-corrected chi connectivity index (χ2v) is 6.26. The fourth-order valence-corrected chi connectivity index (χ4v) is 3.00. The number of fused-ring (bicyclic) bond motifs is 1. The van der Waals surface area contributed by atoms with Crippen LogP contribution in [0.4, 0.5) is 0 Å². The zero-order valence-corrected chi connectivity index (χ0v) is 14.8. The molecule has 0 radical (unpaired) electrons. The SMILES string of the molecule is O=C(CCN1C(=O)c2ccccc2C1=O)OCc1cc(-c2ccccc2)no1. The summed E-state index contributed by atoms with van der Waals surface area (Å²) in [7, 11) is 0. The van der Waals surface area contributed by atoms with Gasteiger partial charge in [0.2, 0.25) is 0 Å². The van der Waals surface area contributed by atoms with E-state index in [1.807, 2.05) is 30.3 Å². The van der Waals surface area contributed by atoms with Crippen molar-refractivity contribution in [2.24, 2.45) is 0 Å². The second-order valence-electron chi connectivity index (χ2n) is 6.26. The average Bonchev–Trinajstić information content (AvgIpc) is 3.30. The quantitative estimate of drug-likeness (QED) is 0.485. The number of imide groups is 1. The van der Waals surface area contributed by atoms with Crippen LogP contribution in [0, 0.1) is 0 Å². The molecule has 28 heavy (non-hydrogen) atoms. The summed E-state index contributed by atoms with van der Waals surface area (Å²) in [4.78, 5) is 37.6. The van der Waals surface area contributed by atoms with Gasteiger partial charge in [-0.15, -0.1) is 0 Å². The zero-order chi connectivity index (χ0) is 19.5. The minimum Gasteiger partial charge on any atom is -0.457 e. The molecule has 2 heterocycles. The molecular formula is C21H16N2O5. The Hall–Kier alpha value is -3.74. The van der Waals surface area contributed by atoms with Crippen molar-refractivity contribution in [3.63, 3.8) is 0 Å². The molecule has 0 saturated carbocycles. The van der Waals surface area contributed by atoms with Crippen LogP contribution in [0.5, 0.6) is 0 Å². The highest BCUT2D eigenvalue weighted by atomic mass is 16.5. The standard InChI is InChI=1S/C21H16N2O5/c24-19(10-11-23-20(25)16-8-4-5-9-17(16)21(23)26)27-13-15-12-18(22-28-15)14-6-2-1-3-7-14/h1-9,12H,10-11,13H2. The fourth-order valence-electron chi connectivity index (χ4n) is 3.00. The van der Waals surface area contributed by atoms with Crippen molar-refractivity contribution in [1.82, 2.24) is 10.1 Å². The maximum atomic E-state index is 12.3. The predicted molar refractivity (Wildman–Crippen MR) is 98.2 cm³/mol. The Kier molecular flexibility index (Phi) is 4.72. The molecule has 0 atom stereocenters. The smallest absolute Gasteiger partial charge is 0.308 e. The highest BCUT2D eigenvalue weighted by Crippen LogP contribution is 2.23. The van der Waals surface area contributed by atoms with Crippen LogP contribution in [-0.4, -0.2) is 34.4 Å². The molecule has 3 aromatic rings. The Morgan fingerprint density at radius 2 is 1.61 bits per heavy atom. The number of nitrogens with zero attached hydrogens (tertiary/aromatic N) is 2. The Bertz CT molecular complexity index is 1010. The van der Waals surface area contributed by atoms with Gasteiger partial charge in [-0.2, -0.15) is 0 Å². The van der Waals surface area contributed by atoms with Gasteiger partial charge in [0.05, 0.1) is 17.5 Å². The molecule has 1 aliphatic heterocycles. The summed E-state index contributed by atoms with van der Waals surface area (Å²) in [6, 6.07) is 17.8. The number of hydrogen-bond acceptors (Lipinski definition) is 6. The summed E-state index contributed by atoms with van der Waals surface area (Å²) in [6.07, 6.45) is -0.0921. The number of hydrogen-bond donors (Lipinski definition) is 0. The van der Waals surface area contributed by atoms with Crippen LogP contribution in [0.15, 0.2) is 65.2 Å². The first-order valence-electron chi connectivity index (χ1n) is 8.75. The molecule has 0 bridgehead atoms. The maximum Gasteiger partial charge on any atom is 0.308 e. The number of aromatic nitrogens is 1. The summed E-state index contributed by atoms with van der Waals surface area (Å²) in [5.74, 6) is -0.908. The summed E-state index contributed by atoms with van der Waals surface area (Å²) in [6.45, 7) is -0.0996. The first-order chi connectivity index (χ1) is 13.6. The molecule has 0 aliphatic carbocycles. The molecule has 140 valence electrons. The highest BCUT2D eigenvalue weighted by molar-refractivity contribution is 6.21. The van der Waals surface area contributed by atoms with Crippen molar-refractivity contribution in [1.29, 1.82) is 0 Å². The number of benzene rings is 2. The van der Waals surface area contributed by atoms with E-state index in [-0.39, 0.29) is 19.6 Å². The molecule has 0 saturated heterocycles. The van der Waals surface area contributed by atoms with Crippen molar-refractivity contribution in [2.75, 3.05) is 6.54 Å². The Balaban J connectivity index is 1.30. The lowest BCUT2D eigenvalue weighted by Crippen LogP contribution is -2.32. The minimum atomic E-state index is -0.533. The molecule has 7 nitrogen and oxygen atoms in total. The van der Waals surface area contributed by atoms with E-state index in [4.69, 9.17) is 9.26 Å². The van der Waals surface area contributed by atoms with Crippen LogP contribution < -0.4 is 0 Å². The van der Waals surface area contributed by atoms with E-state index >= 15 is 0 Å². The third kappa shape index (κ3) is 3.42. The monoisotopic (exact) mass is 376 g/mol. The van der Waals surface area contributed by atoms with Crippen molar-refractivity contribution in [3.8, 4) is 11.3 Å². The molecule has 0 fully saturated rings. The molecule has 0 unspecified atom stereocenters. The first kappa shape index (κ1) is 17.7. The number of carbonyl (C=O) groups excluding carboxylic acids is 3. The summed E-state index contributed by atoms with van der Waals surface area (Å²) in [5, 5.41) is 3.95. The summed E-state index contributed by atoms with van der Waals surface area (Å²) in [5.41, 5.74) is 2.26. The van der Waals surface area contributed by atoms with E-state index < -0.39 is 17.8 Å². The van der Waals surface area contributed by atoms with E-state index in [1.54, 1.807) is 30.3 Å². The number of esters is 1. The predicted octanol–water partition coefficient (Wildman–Crippen LogP) is 3.07. The van der Waals surface area contributed by atoms with Gasteiger partial charge >= 0.3 is 5.97 Å². The zero-order valence-electron chi connectivity index (χ0n) is 14.8. The van der Waals surface area contributed by atoms with Gasteiger partial charge in [0.15, 0.2) is 12.4 Å². The van der Waals surface area contributed by atoms with E-state index in [9.17, 15) is 14.4 Å². The lowest BCUT2D eigenvalue weighted by molar-refractivity contribution is -0.145. The first-order valence-corrected chi connectivity index (χ1v) is 8.75. The van der Waals surface area contributed by atoms with E-state index in [0.29, 0.717) is 22.6 Å². The van der Waals surface area contributed by atoms with Gasteiger partial charge in [0, 0.05) is 18.2 Å². The summed E-state index contributed by atoms with van der Waals surface area (Å²) < 4.78 is 10.3. The van der Waals surface area contributed by atoms with Crippen LogP contribution in [0.25, 0.3) is 11.3 Å². The molecule has 1 aromatic heterocycles. The van der Waals surface area contributed by atoms with Gasteiger partial charge < -0.3 is 9.26 Å². The fraction of sp³-hybridized carbons (Fsp3) is 0.143. The van der Waals surface area contributed by atoms with Crippen molar-refractivity contribution in [2.45, 2.75) is 13.0 Å². The van der Waals surface area contributed by atoms with Gasteiger partial charge in [-0.05, 0) is 12.1 Å². The number of amides is 2. The van der Waals surface area contributed by atoms with Crippen molar-refractivity contribution in [3.05, 3.63) is 77.6 Å². The maximum absolute atomic E-state index is 12.3. The molecule has 7 heteroatoms. The molecule has 0 spiro atoms. The van der Waals surface area contributed by atoms with Crippen LogP contribution in [0.1, 0.15) is 32.9 Å². The Morgan fingerprint density at radius 1 is 0.964 bits per heavy atom. The molecule has 0 N–H and O–H groups in total. The molecular weight excluding hydrogens is 360 g/mol. The number of ether oxygens (including phenoxy) is 1. The van der Waals surface area contributed by atoms with Crippen LogP contribution in [-0.2, 0) is 16.1 Å².